The Morgan fingerprint density at radius 2 is 1.82 bits per heavy atom. The second-order valence-electron chi connectivity index (χ2n) is 5.01. The van der Waals surface area contributed by atoms with E-state index in [1.807, 2.05) is 0 Å². The number of hydrogen-bond acceptors (Lipinski definition) is 3. The van der Waals surface area contributed by atoms with Gasteiger partial charge in [-0.05, 0) is 24.7 Å². The number of hydrogen-bond donors (Lipinski definition) is 2. The van der Waals surface area contributed by atoms with Crippen LogP contribution in [0.3, 0.4) is 0 Å². The minimum Gasteiger partial charge on any atom is -0.480 e. The number of aliphatic carboxylic acids is 1. The van der Waals surface area contributed by atoms with Crippen LogP contribution < -0.4 is 0 Å². The van der Waals surface area contributed by atoms with E-state index in [0.717, 1.165) is 4.90 Å². The molecule has 1 aliphatic heterocycles. The Kier molecular flexibility index (Phi) is 2.81. The van der Waals surface area contributed by atoms with Crippen molar-refractivity contribution in [3.63, 3.8) is 0 Å². The summed E-state index contributed by atoms with van der Waals surface area (Å²) in [5.41, 5.74) is -0.296. The average molecular weight is 241 g/mol. The zero-order valence-electron chi connectivity index (χ0n) is 9.39. The van der Waals surface area contributed by atoms with Crippen LogP contribution in [0, 0.1) is 5.41 Å². The highest BCUT2D eigenvalue weighted by atomic mass is 16.4. The lowest BCUT2D eigenvalue weighted by atomic mass is 9.72. The van der Waals surface area contributed by atoms with Crippen molar-refractivity contribution in [3.05, 3.63) is 0 Å². The van der Waals surface area contributed by atoms with E-state index >= 15 is 0 Å². The molecule has 1 amide bonds. The van der Waals surface area contributed by atoms with Gasteiger partial charge in [0.25, 0.3) is 0 Å². The first-order valence-electron chi connectivity index (χ1n) is 5.68. The second kappa shape index (κ2) is 4.01. The molecular formula is C11H15NO5. The standard InChI is InChI=1S/C11H15NO5/c13-7-1-3-11(4-2-7)5-8(9(14)15)12(6-11)10(16)17/h8H,1-6H2,(H,14,15)(H,16,17). The fourth-order valence-electron chi connectivity index (χ4n) is 2.90. The summed E-state index contributed by atoms with van der Waals surface area (Å²) in [7, 11) is 0. The van der Waals surface area contributed by atoms with Crippen molar-refractivity contribution in [2.24, 2.45) is 5.41 Å². The van der Waals surface area contributed by atoms with Gasteiger partial charge in [0.15, 0.2) is 0 Å². The van der Waals surface area contributed by atoms with Crippen LogP contribution in [0.5, 0.6) is 0 Å². The van der Waals surface area contributed by atoms with Gasteiger partial charge in [0.2, 0.25) is 0 Å². The number of nitrogens with zero attached hydrogens (tertiary/aromatic N) is 1. The van der Waals surface area contributed by atoms with Crippen LogP contribution in [-0.2, 0) is 9.59 Å². The van der Waals surface area contributed by atoms with E-state index in [1.54, 1.807) is 0 Å². The van der Waals surface area contributed by atoms with Crippen molar-refractivity contribution in [1.29, 1.82) is 0 Å². The Morgan fingerprint density at radius 1 is 1.24 bits per heavy atom. The van der Waals surface area contributed by atoms with Crippen LogP contribution in [0.2, 0.25) is 0 Å². The van der Waals surface area contributed by atoms with E-state index in [-0.39, 0.29) is 17.7 Å². The molecule has 2 rings (SSSR count). The Labute approximate surface area is 98.2 Å². The van der Waals surface area contributed by atoms with E-state index in [1.165, 1.54) is 0 Å². The maximum atomic E-state index is 11.2. The number of carbonyl (C=O) groups is 3. The molecule has 1 unspecified atom stereocenters. The predicted molar refractivity (Wildman–Crippen MR) is 56.7 cm³/mol. The highest BCUT2D eigenvalue weighted by Crippen LogP contribution is 2.45. The molecule has 17 heavy (non-hydrogen) atoms. The molecule has 0 aromatic carbocycles. The lowest BCUT2D eigenvalue weighted by Gasteiger charge is -2.31. The Balaban J connectivity index is 2.16. The third-order valence-electron chi connectivity index (χ3n) is 3.91. The third kappa shape index (κ3) is 2.11. The molecule has 6 heteroatoms. The summed E-state index contributed by atoms with van der Waals surface area (Å²) in [5, 5.41) is 18.0. The molecule has 0 radical (unpaired) electrons. The number of carbonyl (C=O) groups excluding carboxylic acids is 1. The number of carboxylic acid groups (broad SMARTS) is 2. The van der Waals surface area contributed by atoms with Gasteiger partial charge in [0.1, 0.15) is 11.8 Å². The molecule has 1 aliphatic carbocycles. The van der Waals surface area contributed by atoms with E-state index in [2.05, 4.69) is 0 Å². The molecule has 1 saturated heterocycles. The minimum atomic E-state index is -1.19. The number of rotatable bonds is 1. The fraction of sp³-hybridized carbons (Fsp3) is 0.727. The summed E-state index contributed by atoms with van der Waals surface area (Å²) >= 11 is 0. The molecule has 0 bridgehead atoms. The highest BCUT2D eigenvalue weighted by molar-refractivity contribution is 5.81. The molecule has 6 nitrogen and oxygen atoms in total. The maximum Gasteiger partial charge on any atom is 0.408 e. The fourth-order valence-corrected chi connectivity index (χ4v) is 2.90. The molecule has 94 valence electrons. The quantitative estimate of drug-likeness (QED) is 0.712. The van der Waals surface area contributed by atoms with Gasteiger partial charge in [-0.15, -0.1) is 0 Å². The van der Waals surface area contributed by atoms with Crippen LogP contribution in [0.4, 0.5) is 4.79 Å². The normalized spacial score (nSPS) is 27.4. The summed E-state index contributed by atoms with van der Waals surface area (Å²) in [4.78, 5) is 34.2. The zero-order chi connectivity index (χ0) is 12.6. The van der Waals surface area contributed by atoms with E-state index in [9.17, 15) is 14.4 Å². The van der Waals surface area contributed by atoms with Gasteiger partial charge >= 0.3 is 12.1 Å². The van der Waals surface area contributed by atoms with Gasteiger partial charge in [-0.2, -0.15) is 0 Å². The summed E-state index contributed by atoms with van der Waals surface area (Å²) in [5.74, 6) is -0.905. The molecule has 1 spiro atoms. The number of likely N-dealkylation sites (tertiary alicyclic amines) is 1. The first kappa shape index (κ1) is 11.9. The number of ketones is 1. The first-order valence-corrected chi connectivity index (χ1v) is 5.68. The topological polar surface area (TPSA) is 94.9 Å². The molecule has 2 aliphatic rings. The van der Waals surface area contributed by atoms with Gasteiger partial charge < -0.3 is 10.2 Å². The molecule has 2 fully saturated rings. The second-order valence-corrected chi connectivity index (χ2v) is 5.01. The van der Waals surface area contributed by atoms with Crippen LogP contribution in [0.15, 0.2) is 0 Å². The lowest BCUT2D eigenvalue weighted by Crippen LogP contribution is -2.40. The molecule has 0 aromatic heterocycles. The Morgan fingerprint density at radius 3 is 2.24 bits per heavy atom. The van der Waals surface area contributed by atoms with Gasteiger partial charge in [-0.3, -0.25) is 9.69 Å². The Bertz CT molecular complexity index is 344. The summed E-state index contributed by atoms with van der Waals surface area (Å²) < 4.78 is 0. The monoisotopic (exact) mass is 241 g/mol. The first-order chi connectivity index (χ1) is 7.93. The predicted octanol–water partition coefficient (Wildman–Crippen LogP) is 0.953. The SMILES string of the molecule is O=C1CCC2(CC1)CC(C(=O)O)N(C(=O)O)C2. The number of Topliss-reactive ketones (excluding diaryl/α,β-unsaturated/α-hetero) is 1. The van der Waals surface area contributed by atoms with E-state index in [0.29, 0.717) is 32.1 Å². The van der Waals surface area contributed by atoms with E-state index < -0.39 is 18.1 Å². The van der Waals surface area contributed by atoms with Crippen molar-refractivity contribution in [3.8, 4) is 0 Å². The van der Waals surface area contributed by atoms with Crippen molar-refractivity contribution >= 4 is 17.8 Å². The van der Waals surface area contributed by atoms with Crippen LogP contribution in [-0.4, -0.2) is 45.5 Å². The van der Waals surface area contributed by atoms with Crippen molar-refractivity contribution in [1.82, 2.24) is 4.90 Å². The maximum absolute atomic E-state index is 11.2. The van der Waals surface area contributed by atoms with Crippen molar-refractivity contribution in [2.45, 2.75) is 38.1 Å². The Hall–Kier alpha value is -1.59. The lowest BCUT2D eigenvalue weighted by molar-refractivity contribution is -0.141. The van der Waals surface area contributed by atoms with Gasteiger partial charge in [0.05, 0.1) is 0 Å². The molecule has 1 heterocycles. The smallest absolute Gasteiger partial charge is 0.408 e. The van der Waals surface area contributed by atoms with Gasteiger partial charge in [-0.25, -0.2) is 9.59 Å². The average Bonchev–Trinajstić information content (AvgIpc) is 2.63. The zero-order valence-corrected chi connectivity index (χ0v) is 9.39. The molecule has 1 atom stereocenters. The summed E-state index contributed by atoms with van der Waals surface area (Å²) in [6.45, 7) is 0.243. The highest BCUT2D eigenvalue weighted by Gasteiger charge is 2.49. The van der Waals surface area contributed by atoms with Gasteiger partial charge in [0, 0.05) is 19.4 Å². The minimum absolute atomic E-state index is 0.191. The third-order valence-corrected chi connectivity index (χ3v) is 3.91. The molecular weight excluding hydrogens is 226 g/mol. The summed E-state index contributed by atoms with van der Waals surface area (Å²) in [6, 6.07) is -0.958. The van der Waals surface area contributed by atoms with Crippen LogP contribution >= 0.6 is 0 Å². The number of amides is 1. The summed E-state index contributed by atoms with van der Waals surface area (Å²) in [6.07, 6.45) is 1.26. The van der Waals surface area contributed by atoms with Gasteiger partial charge in [-0.1, -0.05) is 0 Å². The largest absolute Gasteiger partial charge is 0.480 e. The molecule has 0 aromatic rings. The van der Waals surface area contributed by atoms with E-state index in [4.69, 9.17) is 10.2 Å². The molecule has 2 N–H and O–H groups in total. The molecule has 1 saturated carbocycles. The van der Waals surface area contributed by atoms with Crippen LogP contribution in [0.25, 0.3) is 0 Å². The van der Waals surface area contributed by atoms with Crippen molar-refractivity contribution in [2.75, 3.05) is 6.54 Å². The van der Waals surface area contributed by atoms with Crippen LogP contribution in [0.1, 0.15) is 32.1 Å². The van der Waals surface area contributed by atoms with Crippen molar-refractivity contribution < 1.29 is 24.6 Å². The number of carboxylic acids is 1.